The number of nitrogens with two attached hydrogens (primary N) is 1. The van der Waals surface area contributed by atoms with Gasteiger partial charge in [-0.3, -0.25) is 4.79 Å². The summed E-state index contributed by atoms with van der Waals surface area (Å²) in [6.07, 6.45) is 2.33. The molecule has 1 unspecified atom stereocenters. The molecule has 1 aromatic heterocycles. The second kappa shape index (κ2) is 7.26. The van der Waals surface area contributed by atoms with Gasteiger partial charge >= 0.3 is 6.18 Å². The lowest BCUT2D eigenvalue weighted by Gasteiger charge is -2.21. The molecule has 4 rings (SSSR count). The lowest BCUT2D eigenvalue weighted by molar-refractivity contribution is -0.142. The molecule has 2 N–H and O–H groups in total. The number of benzene rings is 1. The van der Waals surface area contributed by atoms with E-state index in [1.54, 1.807) is 12.1 Å². The molecule has 1 fully saturated rings. The van der Waals surface area contributed by atoms with E-state index in [0.29, 0.717) is 29.8 Å². The van der Waals surface area contributed by atoms with Crippen LogP contribution in [0, 0.1) is 5.92 Å². The van der Waals surface area contributed by atoms with Crippen LogP contribution in [0.3, 0.4) is 0 Å². The van der Waals surface area contributed by atoms with E-state index >= 15 is 0 Å². The average molecular weight is 391 g/mol. The molecule has 0 radical (unpaired) electrons. The molecule has 2 aliphatic carbocycles. The minimum Gasteiger partial charge on any atom is -0.369 e. The summed E-state index contributed by atoms with van der Waals surface area (Å²) in [6.45, 7) is 0. The van der Waals surface area contributed by atoms with Gasteiger partial charge < -0.3 is 5.73 Å². The van der Waals surface area contributed by atoms with Crippen LogP contribution >= 0.6 is 0 Å². The van der Waals surface area contributed by atoms with Crippen LogP contribution in [0.5, 0.6) is 0 Å². The third-order valence-corrected chi connectivity index (χ3v) is 6.12. The van der Waals surface area contributed by atoms with Crippen molar-refractivity contribution >= 4 is 5.91 Å². The Morgan fingerprint density at radius 1 is 1.07 bits per heavy atom. The highest BCUT2D eigenvalue weighted by Gasteiger charge is 2.39. The van der Waals surface area contributed by atoms with Gasteiger partial charge in [-0.25, -0.2) is 4.68 Å². The van der Waals surface area contributed by atoms with Crippen LogP contribution in [-0.2, 0) is 23.8 Å². The Bertz CT molecular complexity index is 864. The van der Waals surface area contributed by atoms with E-state index in [-0.39, 0.29) is 17.7 Å². The molecule has 0 aliphatic heterocycles. The Hall–Kier alpha value is -2.31. The van der Waals surface area contributed by atoms with Crippen LogP contribution in [0.1, 0.15) is 67.0 Å². The van der Waals surface area contributed by atoms with Crippen molar-refractivity contribution in [3.05, 3.63) is 46.8 Å². The van der Waals surface area contributed by atoms with E-state index in [1.165, 1.54) is 4.68 Å². The summed E-state index contributed by atoms with van der Waals surface area (Å²) in [4.78, 5) is 12.0. The van der Waals surface area contributed by atoms with Gasteiger partial charge in [0.05, 0.1) is 11.6 Å². The summed E-state index contributed by atoms with van der Waals surface area (Å²) < 4.78 is 41.7. The van der Waals surface area contributed by atoms with E-state index in [1.807, 2.05) is 12.1 Å². The molecule has 7 heteroatoms. The first-order valence-corrected chi connectivity index (χ1v) is 9.94. The molecule has 1 amide bonds. The Labute approximate surface area is 161 Å². The molecule has 150 valence electrons. The fourth-order valence-corrected chi connectivity index (χ4v) is 4.82. The number of carbonyl (C=O) groups is 1. The Kier molecular flexibility index (Phi) is 4.93. The predicted octanol–water partition coefficient (Wildman–Crippen LogP) is 4.53. The highest BCUT2D eigenvalue weighted by Crippen LogP contribution is 2.39. The number of fused-ring (bicyclic) bond motifs is 1. The fourth-order valence-electron chi connectivity index (χ4n) is 4.82. The number of alkyl halides is 3. The van der Waals surface area contributed by atoms with Gasteiger partial charge in [0.2, 0.25) is 5.91 Å². The second-order valence-corrected chi connectivity index (χ2v) is 7.91. The van der Waals surface area contributed by atoms with Gasteiger partial charge in [-0.2, -0.15) is 18.3 Å². The fraction of sp³-hybridized carbons (Fsp3) is 0.524. The van der Waals surface area contributed by atoms with Crippen molar-refractivity contribution in [1.82, 2.24) is 9.78 Å². The summed E-state index contributed by atoms with van der Waals surface area (Å²) in [5.74, 6) is -0.429. The summed E-state index contributed by atoms with van der Waals surface area (Å²) >= 11 is 0. The minimum absolute atomic E-state index is 0.248. The minimum atomic E-state index is -4.45. The molecule has 4 nitrogen and oxygen atoms in total. The maximum Gasteiger partial charge on any atom is 0.435 e. The normalized spacial score (nSPS) is 18.8. The SMILES string of the molecule is NC(=O)C(c1ccc(-n2nc(C(F)(F)F)c3c2CCCC3)cc1)C1CCCC1. The highest BCUT2D eigenvalue weighted by molar-refractivity contribution is 5.82. The predicted molar refractivity (Wildman–Crippen MR) is 99.1 cm³/mol. The molecular formula is C21H24F3N3O. The van der Waals surface area contributed by atoms with E-state index in [4.69, 9.17) is 5.73 Å². The monoisotopic (exact) mass is 391 g/mol. The second-order valence-electron chi connectivity index (χ2n) is 7.91. The van der Waals surface area contributed by atoms with Crippen LogP contribution in [-0.4, -0.2) is 15.7 Å². The van der Waals surface area contributed by atoms with Crippen molar-refractivity contribution in [1.29, 1.82) is 0 Å². The topological polar surface area (TPSA) is 60.9 Å². The molecule has 1 heterocycles. The van der Waals surface area contributed by atoms with Crippen LogP contribution < -0.4 is 5.73 Å². The smallest absolute Gasteiger partial charge is 0.369 e. The Morgan fingerprint density at radius 3 is 2.32 bits per heavy atom. The summed E-state index contributed by atoms with van der Waals surface area (Å²) in [5, 5.41) is 3.92. The number of hydrogen-bond donors (Lipinski definition) is 1. The first-order chi connectivity index (χ1) is 13.4. The number of primary amides is 1. The van der Waals surface area contributed by atoms with Gasteiger partial charge in [-0.15, -0.1) is 0 Å². The number of nitrogens with zero attached hydrogens (tertiary/aromatic N) is 2. The van der Waals surface area contributed by atoms with E-state index in [2.05, 4.69) is 5.10 Å². The number of halogens is 3. The van der Waals surface area contributed by atoms with Crippen LogP contribution in [0.2, 0.25) is 0 Å². The summed E-state index contributed by atoms with van der Waals surface area (Å²) in [7, 11) is 0. The quantitative estimate of drug-likeness (QED) is 0.832. The van der Waals surface area contributed by atoms with Gasteiger partial charge in [-0.1, -0.05) is 25.0 Å². The molecule has 1 saturated carbocycles. The molecule has 2 aliphatic rings. The number of aromatic nitrogens is 2. The van der Waals surface area contributed by atoms with E-state index in [0.717, 1.165) is 44.1 Å². The maximum atomic E-state index is 13.4. The van der Waals surface area contributed by atoms with Gasteiger partial charge in [0.25, 0.3) is 0 Å². The Morgan fingerprint density at radius 2 is 1.71 bits per heavy atom. The molecule has 0 saturated heterocycles. The largest absolute Gasteiger partial charge is 0.435 e. The number of carbonyl (C=O) groups excluding carboxylic acids is 1. The zero-order chi connectivity index (χ0) is 19.9. The third-order valence-electron chi connectivity index (χ3n) is 6.12. The van der Waals surface area contributed by atoms with Crippen molar-refractivity contribution in [2.45, 2.75) is 63.5 Å². The van der Waals surface area contributed by atoms with Crippen molar-refractivity contribution in [3.63, 3.8) is 0 Å². The summed E-state index contributed by atoms with van der Waals surface area (Å²) in [6, 6.07) is 7.13. The van der Waals surface area contributed by atoms with E-state index < -0.39 is 11.9 Å². The van der Waals surface area contributed by atoms with Crippen molar-refractivity contribution in [2.75, 3.05) is 0 Å². The Balaban J connectivity index is 1.69. The van der Waals surface area contributed by atoms with Gasteiger partial charge in [0.1, 0.15) is 0 Å². The lowest BCUT2D eigenvalue weighted by atomic mass is 9.84. The summed E-state index contributed by atoms with van der Waals surface area (Å²) in [5.41, 5.74) is 7.28. The molecule has 1 aromatic carbocycles. The van der Waals surface area contributed by atoms with E-state index in [9.17, 15) is 18.0 Å². The van der Waals surface area contributed by atoms with Crippen LogP contribution in [0.4, 0.5) is 13.2 Å². The van der Waals surface area contributed by atoms with Crippen LogP contribution in [0.25, 0.3) is 5.69 Å². The molecule has 0 bridgehead atoms. The number of amides is 1. The van der Waals surface area contributed by atoms with Crippen molar-refractivity contribution in [2.24, 2.45) is 11.7 Å². The number of rotatable bonds is 4. The average Bonchev–Trinajstić information content (AvgIpc) is 3.30. The number of hydrogen-bond acceptors (Lipinski definition) is 2. The van der Waals surface area contributed by atoms with Gasteiger partial charge in [0.15, 0.2) is 5.69 Å². The van der Waals surface area contributed by atoms with Crippen LogP contribution in [0.15, 0.2) is 24.3 Å². The highest BCUT2D eigenvalue weighted by atomic mass is 19.4. The molecule has 2 aromatic rings. The first-order valence-electron chi connectivity index (χ1n) is 9.94. The standard InChI is InChI=1S/C21H24F3N3O/c22-21(23,24)19-16-7-3-4-8-17(16)27(26-19)15-11-9-14(10-12-15)18(20(25)28)13-5-1-2-6-13/h9-13,18H,1-8H2,(H2,25,28). The molecule has 1 atom stereocenters. The zero-order valence-electron chi connectivity index (χ0n) is 15.6. The molecule has 0 spiro atoms. The van der Waals surface area contributed by atoms with Crippen molar-refractivity contribution in [3.8, 4) is 5.69 Å². The first kappa shape index (κ1) is 19.0. The van der Waals surface area contributed by atoms with Gasteiger partial charge in [0, 0.05) is 11.3 Å². The van der Waals surface area contributed by atoms with Gasteiger partial charge in [-0.05, 0) is 62.1 Å². The molecule has 28 heavy (non-hydrogen) atoms. The van der Waals surface area contributed by atoms with Crippen molar-refractivity contribution < 1.29 is 18.0 Å². The lowest BCUT2D eigenvalue weighted by Crippen LogP contribution is -2.26. The molecular weight excluding hydrogens is 367 g/mol. The third kappa shape index (κ3) is 3.42. The zero-order valence-corrected chi connectivity index (χ0v) is 15.6. The maximum absolute atomic E-state index is 13.4.